The third-order valence-electron chi connectivity index (χ3n) is 5.30. The predicted molar refractivity (Wildman–Crippen MR) is 84.7 cm³/mol. The molecule has 162 valence electrons. The zero-order valence-corrected chi connectivity index (χ0v) is 15.4. The van der Waals surface area contributed by atoms with Crippen LogP contribution in [-0.4, -0.2) is 29.4 Å². The highest BCUT2D eigenvalue weighted by atomic mass is 19.4. The molecular weight excluding hydrogens is 387 g/mol. The largest absolute Gasteiger partial charge is 0.381 e. The second-order valence-corrected chi connectivity index (χ2v) is 7.38. The fourth-order valence-corrected chi connectivity index (χ4v) is 3.44. The zero-order chi connectivity index (χ0) is 21.0. The monoisotopic (exact) mass is 414 g/mol. The maximum absolute atomic E-state index is 14.2. The van der Waals surface area contributed by atoms with E-state index in [0.29, 0.717) is 12.8 Å². The van der Waals surface area contributed by atoms with E-state index in [1.54, 1.807) is 0 Å². The molecule has 0 aromatic carbocycles. The van der Waals surface area contributed by atoms with E-state index in [9.17, 15) is 39.5 Å². The first-order valence-electron chi connectivity index (χ1n) is 9.51. The second kappa shape index (κ2) is 8.80. The molecule has 0 heterocycles. The average Bonchev–Trinajstić information content (AvgIpc) is 2.62. The maximum Gasteiger partial charge on any atom is 0.381 e. The van der Waals surface area contributed by atoms with Crippen LogP contribution in [0, 0.1) is 0 Å². The van der Waals surface area contributed by atoms with E-state index in [1.807, 2.05) is 0 Å². The summed E-state index contributed by atoms with van der Waals surface area (Å²) < 4.78 is 120. The molecule has 1 fully saturated rings. The molecular formula is C18H27F9. The number of rotatable bonds is 12. The Morgan fingerprint density at radius 2 is 0.704 bits per heavy atom. The lowest BCUT2D eigenvalue weighted by atomic mass is 9.90. The Kier molecular flexibility index (Phi) is 7.96. The van der Waals surface area contributed by atoms with Gasteiger partial charge in [0, 0.05) is 0 Å². The molecule has 0 bridgehead atoms. The van der Waals surface area contributed by atoms with Crippen molar-refractivity contribution < 1.29 is 39.5 Å². The zero-order valence-electron chi connectivity index (χ0n) is 15.4. The topological polar surface area (TPSA) is 0 Å². The normalized spacial score (nSPS) is 24.2. The van der Waals surface area contributed by atoms with Crippen LogP contribution in [-0.2, 0) is 0 Å². The van der Waals surface area contributed by atoms with Gasteiger partial charge in [-0.05, 0) is 12.8 Å². The van der Waals surface area contributed by atoms with Crippen LogP contribution in [0.1, 0.15) is 84.0 Å². The minimum Gasteiger partial charge on any atom is -0.230 e. The van der Waals surface area contributed by atoms with Gasteiger partial charge in [-0.25, -0.2) is 4.39 Å². The van der Waals surface area contributed by atoms with E-state index in [-0.39, 0.29) is 6.42 Å². The lowest BCUT2D eigenvalue weighted by molar-refractivity contribution is -0.303. The van der Waals surface area contributed by atoms with Crippen molar-refractivity contribution in [3.63, 3.8) is 0 Å². The highest BCUT2D eigenvalue weighted by Crippen LogP contribution is 2.70. The van der Waals surface area contributed by atoms with E-state index in [2.05, 4.69) is 6.92 Å². The fourth-order valence-electron chi connectivity index (χ4n) is 3.44. The van der Waals surface area contributed by atoms with Crippen molar-refractivity contribution in [2.45, 2.75) is 113 Å². The lowest BCUT2D eigenvalue weighted by Crippen LogP contribution is -2.54. The smallest absolute Gasteiger partial charge is 0.230 e. The molecule has 1 saturated carbocycles. The van der Waals surface area contributed by atoms with Crippen LogP contribution >= 0.6 is 0 Å². The number of unbranched alkanes of at least 4 members (excludes halogenated alkanes) is 10. The Bertz CT molecular complexity index is 434. The Morgan fingerprint density at radius 3 is 1.04 bits per heavy atom. The summed E-state index contributed by atoms with van der Waals surface area (Å²) in [7, 11) is 0. The van der Waals surface area contributed by atoms with Gasteiger partial charge in [-0.2, -0.15) is 35.1 Å². The summed E-state index contributed by atoms with van der Waals surface area (Å²) >= 11 is 0. The van der Waals surface area contributed by atoms with Crippen molar-refractivity contribution in [2.75, 3.05) is 0 Å². The molecule has 9 heteroatoms. The van der Waals surface area contributed by atoms with Gasteiger partial charge in [0.2, 0.25) is 5.67 Å². The summed E-state index contributed by atoms with van der Waals surface area (Å²) in [5.41, 5.74) is -5.27. The molecule has 0 amide bonds. The summed E-state index contributed by atoms with van der Waals surface area (Å²) in [6, 6.07) is 0. The summed E-state index contributed by atoms with van der Waals surface area (Å²) in [5.74, 6) is -25.2. The molecule has 1 aliphatic rings. The second-order valence-electron chi connectivity index (χ2n) is 7.38. The van der Waals surface area contributed by atoms with Crippen LogP contribution in [0.5, 0.6) is 0 Å². The van der Waals surface area contributed by atoms with Crippen molar-refractivity contribution in [1.29, 1.82) is 0 Å². The number of halogens is 9. The fraction of sp³-hybridized carbons (Fsp3) is 1.00. The van der Waals surface area contributed by atoms with Gasteiger partial charge >= 0.3 is 23.7 Å². The van der Waals surface area contributed by atoms with Crippen LogP contribution in [0.3, 0.4) is 0 Å². The van der Waals surface area contributed by atoms with Crippen LogP contribution in [0.25, 0.3) is 0 Å². The molecule has 27 heavy (non-hydrogen) atoms. The Balaban J connectivity index is 2.43. The van der Waals surface area contributed by atoms with Crippen LogP contribution in [0.15, 0.2) is 0 Å². The molecule has 0 aromatic rings. The lowest BCUT2D eigenvalue weighted by Gasteiger charge is -2.30. The van der Waals surface area contributed by atoms with Gasteiger partial charge in [-0.15, -0.1) is 0 Å². The maximum atomic E-state index is 14.2. The van der Waals surface area contributed by atoms with Crippen LogP contribution < -0.4 is 0 Å². The third kappa shape index (κ3) is 4.07. The molecule has 0 atom stereocenters. The molecule has 1 rings (SSSR count). The molecule has 0 aromatic heterocycles. The van der Waals surface area contributed by atoms with Gasteiger partial charge in [0.05, 0.1) is 0 Å². The molecule has 0 saturated heterocycles. The Morgan fingerprint density at radius 1 is 0.407 bits per heavy atom. The van der Waals surface area contributed by atoms with E-state index in [0.717, 1.165) is 38.5 Å². The number of alkyl halides is 9. The predicted octanol–water partition coefficient (Wildman–Crippen LogP) is 7.95. The molecule has 0 radical (unpaired) electrons. The van der Waals surface area contributed by atoms with Gasteiger partial charge in [0.15, 0.2) is 0 Å². The summed E-state index contributed by atoms with van der Waals surface area (Å²) in [6.07, 6.45) is 6.13. The first kappa shape index (κ1) is 24.4. The molecule has 0 nitrogen and oxygen atoms in total. The molecule has 0 spiro atoms. The Hall–Kier alpha value is -0.630. The minimum atomic E-state index is -6.45. The van der Waals surface area contributed by atoms with Crippen molar-refractivity contribution in [2.24, 2.45) is 0 Å². The number of hydrogen-bond acceptors (Lipinski definition) is 0. The van der Waals surface area contributed by atoms with Gasteiger partial charge in [0.1, 0.15) is 0 Å². The SMILES string of the molecule is CCCCCCCCCCCCCC1(F)C(F)(F)C(F)(F)C(F)(F)C1(F)F. The van der Waals surface area contributed by atoms with Crippen molar-refractivity contribution >= 4 is 0 Å². The highest BCUT2D eigenvalue weighted by molar-refractivity contribution is 5.26. The molecule has 0 aliphatic heterocycles. The van der Waals surface area contributed by atoms with Crippen molar-refractivity contribution in [1.82, 2.24) is 0 Å². The van der Waals surface area contributed by atoms with Gasteiger partial charge in [0.25, 0.3) is 0 Å². The van der Waals surface area contributed by atoms with Crippen molar-refractivity contribution in [3.05, 3.63) is 0 Å². The van der Waals surface area contributed by atoms with Gasteiger partial charge in [-0.1, -0.05) is 71.1 Å². The third-order valence-corrected chi connectivity index (χ3v) is 5.30. The van der Waals surface area contributed by atoms with E-state index < -0.39 is 42.2 Å². The van der Waals surface area contributed by atoms with E-state index >= 15 is 0 Å². The number of hydrogen-bond donors (Lipinski definition) is 0. The standard InChI is InChI=1S/C18H27F9/c1-2-3-4-5-6-7-8-9-10-11-12-13-14(19)15(20,21)17(24,25)18(26,27)16(14,22)23/h2-13H2,1H3. The van der Waals surface area contributed by atoms with E-state index in [4.69, 9.17) is 0 Å². The first-order valence-corrected chi connectivity index (χ1v) is 9.51. The highest BCUT2D eigenvalue weighted by Gasteiger charge is 2.99. The minimum absolute atomic E-state index is 0.0325. The Labute approximate surface area is 153 Å². The van der Waals surface area contributed by atoms with E-state index in [1.165, 1.54) is 6.42 Å². The summed E-state index contributed by atoms with van der Waals surface area (Å²) in [6.45, 7) is 2.10. The molecule has 0 N–H and O–H groups in total. The van der Waals surface area contributed by atoms with Crippen LogP contribution in [0.4, 0.5) is 39.5 Å². The average molecular weight is 414 g/mol. The summed E-state index contributed by atoms with van der Waals surface area (Å²) in [5, 5.41) is 0. The first-order chi connectivity index (χ1) is 12.3. The van der Waals surface area contributed by atoms with Gasteiger partial charge in [-0.3, -0.25) is 0 Å². The van der Waals surface area contributed by atoms with Crippen molar-refractivity contribution in [3.8, 4) is 0 Å². The quantitative estimate of drug-likeness (QED) is 0.225. The molecule has 0 unspecified atom stereocenters. The summed E-state index contributed by atoms with van der Waals surface area (Å²) in [4.78, 5) is 0. The van der Waals surface area contributed by atoms with Crippen LogP contribution in [0.2, 0.25) is 0 Å². The van der Waals surface area contributed by atoms with Gasteiger partial charge < -0.3 is 0 Å². The molecule has 1 aliphatic carbocycles.